The fourth-order valence-corrected chi connectivity index (χ4v) is 3.23. The standard InChI is InChI=1S/C9H20S2/c1-4-7-9(11-6-3)8-10-5-2/h9H,4-8H2,1-3H3. The second-order valence-corrected chi connectivity index (χ2v) is 5.42. The predicted molar refractivity (Wildman–Crippen MR) is 59.8 cm³/mol. The minimum absolute atomic E-state index is 0.912. The van der Waals surface area contributed by atoms with Gasteiger partial charge in [0.25, 0.3) is 0 Å². The van der Waals surface area contributed by atoms with Crippen LogP contribution in [-0.2, 0) is 0 Å². The van der Waals surface area contributed by atoms with Gasteiger partial charge in [-0.05, 0) is 17.9 Å². The Morgan fingerprint density at radius 3 is 2.27 bits per heavy atom. The molecule has 0 aromatic carbocycles. The lowest BCUT2D eigenvalue weighted by Gasteiger charge is -2.13. The zero-order chi connectivity index (χ0) is 8.53. The Balaban J connectivity index is 3.34. The van der Waals surface area contributed by atoms with E-state index < -0.39 is 0 Å². The zero-order valence-electron chi connectivity index (χ0n) is 7.93. The van der Waals surface area contributed by atoms with E-state index in [-0.39, 0.29) is 0 Å². The van der Waals surface area contributed by atoms with Crippen molar-refractivity contribution in [1.29, 1.82) is 0 Å². The molecule has 1 unspecified atom stereocenters. The van der Waals surface area contributed by atoms with Gasteiger partial charge >= 0.3 is 0 Å². The number of hydrogen-bond acceptors (Lipinski definition) is 2. The van der Waals surface area contributed by atoms with E-state index >= 15 is 0 Å². The Morgan fingerprint density at radius 1 is 1.09 bits per heavy atom. The van der Waals surface area contributed by atoms with Crippen molar-refractivity contribution in [3.63, 3.8) is 0 Å². The number of rotatable bonds is 7. The third-order valence-corrected chi connectivity index (χ3v) is 3.99. The molecule has 68 valence electrons. The highest BCUT2D eigenvalue weighted by atomic mass is 32.2. The summed E-state index contributed by atoms with van der Waals surface area (Å²) < 4.78 is 0. The molecule has 0 aliphatic carbocycles. The summed E-state index contributed by atoms with van der Waals surface area (Å²) in [6.45, 7) is 6.77. The molecule has 0 aromatic rings. The van der Waals surface area contributed by atoms with Gasteiger partial charge in [0.2, 0.25) is 0 Å². The highest BCUT2D eigenvalue weighted by Gasteiger charge is 2.05. The maximum Gasteiger partial charge on any atom is 0.0137 e. The molecule has 1 atom stereocenters. The van der Waals surface area contributed by atoms with E-state index in [9.17, 15) is 0 Å². The Kier molecular flexibility index (Phi) is 9.35. The van der Waals surface area contributed by atoms with Crippen LogP contribution in [0, 0.1) is 0 Å². The molecular formula is C9H20S2. The SMILES string of the molecule is CCCC(CSCC)SCC. The van der Waals surface area contributed by atoms with Gasteiger partial charge in [-0.1, -0.05) is 27.2 Å². The lowest BCUT2D eigenvalue weighted by molar-refractivity contribution is 0.794. The maximum absolute atomic E-state index is 2.28. The van der Waals surface area contributed by atoms with Gasteiger partial charge in [-0.15, -0.1) is 0 Å². The summed E-state index contributed by atoms with van der Waals surface area (Å²) in [7, 11) is 0. The summed E-state index contributed by atoms with van der Waals surface area (Å²) in [6.07, 6.45) is 2.73. The molecule has 0 rings (SSSR count). The van der Waals surface area contributed by atoms with Crippen LogP contribution in [0.2, 0.25) is 0 Å². The summed E-state index contributed by atoms with van der Waals surface area (Å²) in [5.74, 6) is 3.89. The molecule has 0 aliphatic heterocycles. The molecular weight excluding hydrogens is 172 g/mol. The van der Waals surface area contributed by atoms with E-state index in [4.69, 9.17) is 0 Å². The van der Waals surface area contributed by atoms with Crippen molar-refractivity contribution >= 4 is 23.5 Å². The average molecular weight is 192 g/mol. The Bertz CT molecular complexity index is 68.0. The first-order chi connectivity index (χ1) is 5.35. The summed E-state index contributed by atoms with van der Waals surface area (Å²) in [5.41, 5.74) is 0. The lowest BCUT2D eigenvalue weighted by atomic mass is 10.3. The molecule has 0 spiro atoms. The van der Waals surface area contributed by atoms with E-state index in [2.05, 4.69) is 44.3 Å². The number of thioether (sulfide) groups is 2. The molecule has 0 heterocycles. The minimum atomic E-state index is 0.912. The van der Waals surface area contributed by atoms with Gasteiger partial charge < -0.3 is 0 Å². The van der Waals surface area contributed by atoms with Crippen molar-refractivity contribution in [1.82, 2.24) is 0 Å². The molecule has 0 bridgehead atoms. The van der Waals surface area contributed by atoms with Crippen molar-refractivity contribution in [2.75, 3.05) is 17.3 Å². The van der Waals surface area contributed by atoms with Crippen LogP contribution in [0.15, 0.2) is 0 Å². The molecule has 0 amide bonds. The molecule has 0 N–H and O–H groups in total. The van der Waals surface area contributed by atoms with Crippen LogP contribution >= 0.6 is 23.5 Å². The molecule has 2 heteroatoms. The quantitative estimate of drug-likeness (QED) is 0.604. The normalized spacial score (nSPS) is 13.4. The van der Waals surface area contributed by atoms with Crippen LogP contribution in [0.5, 0.6) is 0 Å². The third-order valence-electron chi connectivity index (χ3n) is 1.52. The van der Waals surface area contributed by atoms with Crippen LogP contribution in [0.4, 0.5) is 0 Å². The van der Waals surface area contributed by atoms with Gasteiger partial charge in [-0.25, -0.2) is 0 Å². The van der Waals surface area contributed by atoms with Crippen molar-refractivity contribution < 1.29 is 0 Å². The summed E-state index contributed by atoms with van der Waals surface area (Å²) in [4.78, 5) is 0. The minimum Gasteiger partial charge on any atom is -0.161 e. The predicted octanol–water partition coefficient (Wildman–Crippen LogP) is 3.66. The lowest BCUT2D eigenvalue weighted by Crippen LogP contribution is -2.06. The summed E-state index contributed by atoms with van der Waals surface area (Å²) in [5, 5.41) is 0.912. The Morgan fingerprint density at radius 2 is 1.82 bits per heavy atom. The third kappa shape index (κ3) is 7.07. The fourth-order valence-electron chi connectivity index (χ4n) is 1.02. The Labute approximate surface area is 79.9 Å². The molecule has 0 saturated carbocycles. The highest BCUT2D eigenvalue weighted by Crippen LogP contribution is 2.20. The van der Waals surface area contributed by atoms with Crippen LogP contribution in [0.25, 0.3) is 0 Å². The van der Waals surface area contributed by atoms with Crippen LogP contribution in [0.1, 0.15) is 33.6 Å². The summed E-state index contributed by atoms with van der Waals surface area (Å²) >= 11 is 4.20. The van der Waals surface area contributed by atoms with E-state index in [1.165, 1.54) is 30.1 Å². The van der Waals surface area contributed by atoms with Crippen LogP contribution in [-0.4, -0.2) is 22.5 Å². The maximum atomic E-state index is 2.28. The first kappa shape index (κ1) is 11.7. The first-order valence-corrected chi connectivity index (χ1v) is 6.74. The van der Waals surface area contributed by atoms with Crippen LogP contribution < -0.4 is 0 Å². The van der Waals surface area contributed by atoms with E-state index in [0.29, 0.717) is 0 Å². The fraction of sp³-hybridized carbons (Fsp3) is 1.00. The second kappa shape index (κ2) is 8.79. The average Bonchev–Trinajstić information content (AvgIpc) is 2.01. The van der Waals surface area contributed by atoms with Gasteiger partial charge in [0, 0.05) is 11.0 Å². The van der Waals surface area contributed by atoms with E-state index in [1.807, 2.05) is 0 Å². The topological polar surface area (TPSA) is 0 Å². The smallest absolute Gasteiger partial charge is 0.0137 e. The van der Waals surface area contributed by atoms with Crippen LogP contribution in [0.3, 0.4) is 0 Å². The largest absolute Gasteiger partial charge is 0.161 e. The monoisotopic (exact) mass is 192 g/mol. The van der Waals surface area contributed by atoms with Gasteiger partial charge in [0.15, 0.2) is 0 Å². The molecule has 0 fully saturated rings. The van der Waals surface area contributed by atoms with Crippen molar-refractivity contribution in [2.24, 2.45) is 0 Å². The molecule has 0 aliphatic rings. The van der Waals surface area contributed by atoms with Gasteiger partial charge in [0.1, 0.15) is 0 Å². The Hall–Kier alpha value is 0.700. The van der Waals surface area contributed by atoms with Crippen molar-refractivity contribution in [2.45, 2.75) is 38.9 Å². The second-order valence-electron chi connectivity index (χ2n) is 2.53. The van der Waals surface area contributed by atoms with Gasteiger partial charge in [0.05, 0.1) is 0 Å². The molecule has 0 aromatic heterocycles. The molecule has 0 saturated heterocycles. The highest BCUT2D eigenvalue weighted by molar-refractivity contribution is 8.03. The van der Waals surface area contributed by atoms with Gasteiger partial charge in [-0.2, -0.15) is 23.5 Å². The molecule has 0 radical (unpaired) electrons. The van der Waals surface area contributed by atoms with E-state index in [1.54, 1.807) is 0 Å². The zero-order valence-corrected chi connectivity index (χ0v) is 9.56. The summed E-state index contributed by atoms with van der Waals surface area (Å²) in [6, 6.07) is 0. The van der Waals surface area contributed by atoms with Gasteiger partial charge in [-0.3, -0.25) is 0 Å². The van der Waals surface area contributed by atoms with Crippen molar-refractivity contribution in [3.05, 3.63) is 0 Å². The van der Waals surface area contributed by atoms with E-state index in [0.717, 1.165) is 5.25 Å². The first-order valence-electron chi connectivity index (χ1n) is 4.54. The molecule has 0 nitrogen and oxygen atoms in total. The molecule has 11 heavy (non-hydrogen) atoms. The van der Waals surface area contributed by atoms with Crippen molar-refractivity contribution in [3.8, 4) is 0 Å². The number of hydrogen-bond donors (Lipinski definition) is 0.